The Morgan fingerprint density at radius 3 is 2.55 bits per heavy atom. The molecule has 1 atom stereocenters. The van der Waals surface area contributed by atoms with Gasteiger partial charge in [-0.2, -0.15) is 5.10 Å². The lowest BCUT2D eigenvalue weighted by atomic mass is 9.93. The zero-order valence-electron chi connectivity index (χ0n) is 16.6. The molecule has 2 aromatic rings. The van der Waals surface area contributed by atoms with Crippen LogP contribution in [0.5, 0.6) is 11.5 Å². The van der Waals surface area contributed by atoms with E-state index in [9.17, 15) is 9.59 Å². The standard InChI is InChI=1S/C22H23N3O4/c1-14(26)18-12-17(24-25(18)16-7-5-4-6-8-16)21(27)23-22(2,3)15-9-10-19-20(11-15)29-13-28-19/h4-11,18H,12-13H2,1-3H3,(H,23,27). The van der Waals surface area contributed by atoms with E-state index in [1.54, 1.807) is 5.01 Å². The van der Waals surface area contributed by atoms with Crippen LogP contribution >= 0.6 is 0 Å². The quantitative estimate of drug-likeness (QED) is 0.845. The molecule has 2 aliphatic rings. The second-order valence-electron chi connectivity index (χ2n) is 7.70. The predicted molar refractivity (Wildman–Crippen MR) is 109 cm³/mol. The van der Waals surface area contributed by atoms with Crippen LogP contribution in [-0.4, -0.2) is 30.2 Å². The number of nitrogens with zero attached hydrogens (tertiary/aromatic N) is 2. The van der Waals surface area contributed by atoms with Crippen LogP contribution in [0.15, 0.2) is 53.6 Å². The largest absolute Gasteiger partial charge is 0.454 e. The van der Waals surface area contributed by atoms with E-state index >= 15 is 0 Å². The molecule has 2 aliphatic heterocycles. The maximum atomic E-state index is 13.0. The van der Waals surface area contributed by atoms with Crippen molar-refractivity contribution in [2.75, 3.05) is 11.8 Å². The number of anilines is 1. The highest BCUT2D eigenvalue weighted by molar-refractivity contribution is 6.40. The Hall–Kier alpha value is -3.35. The zero-order chi connectivity index (χ0) is 20.6. The molecule has 2 aromatic carbocycles. The van der Waals surface area contributed by atoms with Gasteiger partial charge in [-0.1, -0.05) is 24.3 Å². The average Bonchev–Trinajstić information content (AvgIpc) is 3.35. The number of para-hydroxylation sites is 1. The van der Waals surface area contributed by atoms with Crippen molar-refractivity contribution in [3.05, 3.63) is 54.1 Å². The molecular weight excluding hydrogens is 370 g/mol. The number of hydrogen-bond acceptors (Lipinski definition) is 6. The first kappa shape index (κ1) is 19.0. The molecule has 2 heterocycles. The van der Waals surface area contributed by atoms with Gasteiger partial charge in [-0.05, 0) is 50.6 Å². The van der Waals surface area contributed by atoms with Gasteiger partial charge < -0.3 is 14.8 Å². The number of Topliss-reactive ketones (excluding diaryl/α,β-unsaturated/α-hetero) is 1. The number of benzene rings is 2. The summed E-state index contributed by atoms with van der Waals surface area (Å²) in [5.74, 6) is 1.03. The number of nitrogens with one attached hydrogen (secondary N) is 1. The molecule has 1 amide bonds. The van der Waals surface area contributed by atoms with Crippen LogP contribution in [0, 0.1) is 0 Å². The number of fused-ring (bicyclic) bond motifs is 1. The molecule has 0 bridgehead atoms. The second kappa shape index (κ2) is 7.24. The number of amides is 1. The van der Waals surface area contributed by atoms with Gasteiger partial charge in [0, 0.05) is 6.42 Å². The summed E-state index contributed by atoms with van der Waals surface area (Å²) in [5, 5.41) is 9.13. The molecule has 1 N–H and O–H groups in total. The fourth-order valence-corrected chi connectivity index (χ4v) is 3.50. The van der Waals surface area contributed by atoms with Crippen LogP contribution in [-0.2, 0) is 15.1 Å². The molecule has 0 fully saturated rings. The highest BCUT2D eigenvalue weighted by atomic mass is 16.7. The Bertz CT molecular complexity index is 985. The molecule has 0 spiro atoms. The van der Waals surface area contributed by atoms with E-state index in [1.165, 1.54) is 6.92 Å². The van der Waals surface area contributed by atoms with E-state index in [1.807, 2.05) is 62.4 Å². The second-order valence-corrected chi connectivity index (χ2v) is 7.70. The van der Waals surface area contributed by atoms with Crippen molar-refractivity contribution in [2.45, 2.75) is 38.8 Å². The van der Waals surface area contributed by atoms with Crippen molar-refractivity contribution in [3.8, 4) is 11.5 Å². The summed E-state index contributed by atoms with van der Waals surface area (Å²) in [6, 6.07) is 14.5. The molecule has 0 radical (unpaired) electrons. The van der Waals surface area contributed by atoms with Crippen molar-refractivity contribution in [1.82, 2.24) is 5.32 Å². The van der Waals surface area contributed by atoms with Crippen LogP contribution in [0.4, 0.5) is 5.69 Å². The molecule has 150 valence electrons. The third-order valence-corrected chi connectivity index (χ3v) is 5.18. The molecule has 0 saturated carbocycles. The smallest absolute Gasteiger partial charge is 0.268 e. The lowest BCUT2D eigenvalue weighted by molar-refractivity contribution is -0.118. The van der Waals surface area contributed by atoms with Crippen LogP contribution < -0.4 is 19.8 Å². The number of carbonyl (C=O) groups is 2. The van der Waals surface area contributed by atoms with Crippen molar-refractivity contribution < 1.29 is 19.1 Å². The first-order chi connectivity index (χ1) is 13.8. The number of hydrogen-bond donors (Lipinski definition) is 1. The van der Waals surface area contributed by atoms with Crippen molar-refractivity contribution in [3.63, 3.8) is 0 Å². The van der Waals surface area contributed by atoms with E-state index < -0.39 is 11.6 Å². The number of rotatable bonds is 5. The monoisotopic (exact) mass is 393 g/mol. The summed E-state index contributed by atoms with van der Waals surface area (Å²) in [6.45, 7) is 5.54. The number of ether oxygens (including phenoxy) is 2. The van der Waals surface area contributed by atoms with Gasteiger partial charge >= 0.3 is 0 Å². The number of ketones is 1. The highest BCUT2D eigenvalue weighted by Crippen LogP contribution is 2.35. The third-order valence-electron chi connectivity index (χ3n) is 5.18. The SMILES string of the molecule is CC(=O)C1CC(C(=O)NC(C)(C)c2ccc3c(c2)OCO3)=NN1c1ccccc1. The highest BCUT2D eigenvalue weighted by Gasteiger charge is 2.36. The fourth-order valence-electron chi connectivity index (χ4n) is 3.50. The van der Waals surface area contributed by atoms with Crippen molar-refractivity contribution in [2.24, 2.45) is 5.10 Å². The number of carbonyl (C=O) groups excluding carboxylic acids is 2. The topological polar surface area (TPSA) is 80.2 Å². The van der Waals surface area contributed by atoms with Gasteiger partial charge in [0.25, 0.3) is 5.91 Å². The first-order valence-electron chi connectivity index (χ1n) is 9.50. The van der Waals surface area contributed by atoms with Crippen LogP contribution in [0.2, 0.25) is 0 Å². The maximum Gasteiger partial charge on any atom is 0.268 e. The fraction of sp³-hybridized carbons (Fsp3) is 0.318. The van der Waals surface area contributed by atoms with Gasteiger partial charge in [0.05, 0.1) is 11.2 Å². The summed E-state index contributed by atoms with van der Waals surface area (Å²) in [6.07, 6.45) is 0.271. The molecule has 4 rings (SSSR count). The third kappa shape index (κ3) is 3.68. The lowest BCUT2D eigenvalue weighted by Gasteiger charge is -2.27. The predicted octanol–water partition coefficient (Wildman–Crippen LogP) is 2.99. The molecule has 0 saturated heterocycles. The molecule has 1 unspecified atom stereocenters. The van der Waals surface area contributed by atoms with E-state index in [-0.39, 0.29) is 24.9 Å². The molecular formula is C22H23N3O4. The van der Waals surface area contributed by atoms with Crippen molar-refractivity contribution in [1.29, 1.82) is 0 Å². The summed E-state index contributed by atoms with van der Waals surface area (Å²) in [5.41, 5.74) is 1.34. The Balaban J connectivity index is 1.55. The minimum absolute atomic E-state index is 0.0320. The zero-order valence-corrected chi connectivity index (χ0v) is 16.6. The molecule has 7 heteroatoms. The summed E-state index contributed by atoms with van der Waals surface area (Å²) < 4.78 is 10.8. The van der Waals surface area contributed by atoms with Crippen LogP contribution in [0.3, 0.4) is 0 Å². The van der Waals surface area contributed by atoms with Crippen LogP contribution in [0.1, 0.15) is 32.8 Å². The molecule has 7 nitrogen and oxygen atoms in total. The summed E-state index contributed by atoms with van der Waals surface area (Å²) >= 11 is 0. The lowest BCUT2D eigenvalue weighted by Crippen LogP contribution is -2.44. The Kier molecular flexibility index (Phi) is 4.74. The maximum absolute atomic E-state index is 13.0. The van der Waals surface area contributed by atoms with E-state index in [2.05, 4.69) is 10.4 Å². The molecule has 0 aliphatic carbocycles. The van der Waals surface area contributed by atoms with Gasteiger partial charge in [0.2, 0.25) is 6.79 Å². The van der Waals surface area contributed by atoms with Gasteiger partial charge in [-0.15, -0.1) is 0 Å². The average molecular weight is 393 g/mol. The van der Waals surface area contributed by atoms with Crippen LogP contribution in [0.25, 0.3) is 0 Å². The van der Waals surface area contributed by atoms with E-state index in [0.29, 0.717) is 17.2 Å². The van der Waals surface area contributed by atoms with Gasteiger partial charge in [-0.25, -0.2) is 0 Å². The Labute approximate surface area is 169 Å². The van der Waals surface area contributed by atoms with Crippen molar-refractivity contribution >= 4 is 23.1 Å². The summed E-state index contributed by atoms with van der Waals surface area (Å²) in [4.78, 5) is 25.1. The Morgan fingerprint density at radius 2 is 1.83 bits per heavy atom. The van der Waals surface area contributed by atoms with Gasteiger partial charge in [0.15, 0.2) is 17.3 Å². The van der Waals surface area contributed by atoms with E-state index in [0.717, 1.165) is 11.3 Å². The Morgan fingerprint density at radius 1 is 1.10 bits per heavy atom. The number of hydrazone groups is 1. The van der Waals surface area contributed by atoms with Gasteiger partial charge in [0.1, 0.15) is 11.8 Å². The molecule has 0 aromatic heterocycles. The normalized spacial score (nSPS) is 17.8. The first-order valence-corrected chi connectivity index (χ1v) is 9.50. The summed E-state index contributed by atoms with van der Waals surface area (Å²) in [7, 11) is 0. The van der Waals surface area contributed by atoms with E-state index in [4.69, 9.17) is 9.47 Å². The molecule has 29 heavy (non-hydrogen) atoms. The minimum Gasteiger partial charge on any atom is -0.454 e. The minimum atomic E-state index is -0.660. The van der Waals surface area contributed by atoms with Gasteiger partial charge in [-0.3, -0.25) is 14.6 Å².